The van der Waals surface area contributed by atoms with Crippen LogP contribution < -0.4 is 4.74 Å². The number of aliphatic carboxylic acids is 1. The molecule has 1 N–H and O–H groups in total. The van der Waals surface area contributed by atoms with Crippen molar-refractivity contribution in [3.8, 4) is 11.8 Å². The number of hydrogen-bond donors (Lipinski definition) is 1. The molecule has 0 bridgehead atoms. The van der Waals surface area contributed by atoms with E-state index in [1.807, 2.05) is 19.0 Å². The third kappa shape index (κ3) is 4.69. The lowest BCUT2D eigenvalue weighted by molar-refractivity contribution is -0.183. The zero-order valence-corrected chi connectivity index (χ0v) is 19.8. The number of carbonyl (C=O) groups is 2. The molecule has 0 aromatic heterocycles. The molecule has 2 atom stereocenters. The topological polar surface area (TPSA) is 99.9 Å². The molecule has 2 unspecified atom stereocenters. The van der Waals surface area contributed by atoms with Crippen molar-refractivity contribution in [3.05, 3.63) is 29.8 Å². The van der Waals surface area contributed by atoms with Gasteiger partial charge in [-0.25, -0.2) is 0 Å². The standard InChI is InChI=1S/C24H36N2O5/c1-8-24(20(27)28,21(29)31-9-2)22(3,4)23(17-25,14-11-15-26(5)6)18-12-10-13-19(16-18)30-7/h10,12-13,16H,8-9,11,14-15H2,1-7H3,(H,27,28). The van der Waals surface area contributed by atoms with Crippen molar-refractivity contribution in [2.75, 3.05) is 34.4 Å². The number of methoxy groups -OCH3 is 1. The average molecular weight is 433 g/mol. The molecule has 0 aliphatic heterocycles. The first-order valence-corrected chi connectivity index (χ1v) is 10.6. The summed E-state index contributed by atoms with van der Waals surface area (Å²) in [6.07, 6.45) is 1.01. The molecule has 1 rings (SSSR count). The molecule has 0 saturated carbocycles. The molecule has 7 nitrogen and oxygen atoms in total. The molecule has 1 aromatic rings. The zero-order chi connectivity index (χ0) is 23.9. The van der Waals surface area contributed by atoms with Crippen LogP contribution >= 0.6 is 0 Å². The zero-order valence-electron chi connectivity index (χ0n) is 19.8. The molecule has 172 valence electrons. The van der Waals surface area contributed by atoms with Crippen LogP contribution in [0.4, 0.5) is 0 Å². The van der Waals surface area contributed by atoms with Gasteiger partial charge in [0.2, 0.25) is 0 Å². The second-order valence-electron chi connectivity index (χ2n) is 8.57. The molecule has 7 heteroatoms. The molecular formula is C24H36N2O5. The first-order valence-electron chi connectivity index (χ1n) is 10.6. The van der Waals surface area contributed by atoms with Crippen molar-refractivity contribution in [1.82, 2.24) is 4.90 Å². The lowest BCUT2D eigenvalue weighted by atomic mass is 9.48. The van der Waals surface area contributed by atoms with Gasteiger partial charge in [-0.05, 0) is 64.5 Å². The summed E-state index contributed by atoms with van der Waals surface area (Å²) in [4.78, 5) is 27.8. The van der Waals surface area contributed by atoms with Crippen LogP contribution in [0, 0.1) is 22.2 Å². The highest BCUT2D eigenvalue weighted by molar-refractivity contribution is 6.00. The fraction of sp³-hybridized carbons (Fsp3) is 0.625. The highest BCUT2D eigenvalue weighted by Gasteiger charge is 2.66. The Balaban J connectivity index is 3.86. The van der Waals surface area contributed by atoms with Crippen LogP contribution in [0.3, 0.4) is 0 Å². The molecule has 31 heavy (non-hydrogen) atoms. The predicted octanol–water partition coefficient (Wildman–Crippen LogP) is 3.87. The van der Waals surface area contributed by atoms with Crippen LogP contribution in [-0.4, -0.2) is 56.3 Å². The molecule has 0 fully saturated rings. The van der Waals surface area contributed by atoms with Gasteiger partial charge >= 0.3 is 11.9 Å². The van der Waals surface area contributed by atoms with Gasteiger partial charge in [0.1, 0.15) is 5.75 Å². The fourth-order valence-corrected chi connectivity index (χ4v) is 4.59. The summed E-state index contributed by atoms with van der Waals surface area (Å²) >= 11 is 0. The van der Waals surface area contributed by atoms with Gasteiger partial charge in [0.25, 0.3) is 0 Å². The minimum atomic E-state index is -1.90. The van der Waals surface area contributed by atoms with Crippen molar-refractivity contribution >= 4 is 11.9 Å². The van der Waals surface area contributed by atoms with Gasteiger partial charge in [0.15, 0.2) is 5.41 Å². The smallest absolute Gasteiger partial charge is 0.324 e. The third-order valence-electron chi connectivity index (χ3n) is 6.56. The van der Waals surface area contributed by atoms with E-state index < -0.39 is 28.2 Å². The van der Waals surface area contributed by atoms with E-state index in [1.54, 1.807) is 52.0 Å². The number of esters is 1. The molecule has 1 aromatic carbocycles. The summed E-state index contributed by atoms with van der Waals surface area (Å²) in [6, 6.07) is 9.55. The lowest BCUT2D eigenvalue weighted by Crippen LogP contribution is -2.60. The number of carbonyl (C=O) groups excluding carboxylic acids is 1. The van der Waals surface area contributed by atoms with Crippen molar-refractivity contribution in [2.45, 2.75) is 52.4 Å². The van der Waals surface area contributed by atoms with E-state index in [-0.39, 0.29) is 13.0 Å². The molecule has 0 radical (unpaired) electrons. The van der Waals surface area contributed by atoms with Crippen LogP contribution in [0.5, 0.6) is 5.75 Å². The SMILES string of the molecule is CCOC(=O)C(CC)(C(=O)O)C(C)(C)C(C#N)(CCCN(C)C)c1cccc(OC)c1. The van der Waals surface area contributed by atoms with Crippen molar-refractivity contribution in [2.24, 2.45) is 10.8 Å². The third-order valence-corrected chi connectivity index (χ3v) is 6.56. The molecule has 0 heterocycles. The number of carboxylic acids is 1. The van der Waals surface area contributed by atoms with Crippen LogP contribution in [0.25, 0.3) is 0 Å². The van der Waals surface area contributed by atoms with Crippen molar-refractivity contribution in [1.29, 1.82) is 5.26 Å². The predicted molar refractivity (Wildman–Crippen MR) is 119 cm³/mol. The maximum Gasteiger partial charge on any atom is 0.324 e. The second-order valence-corrected chi connectivity index (χ2v) is 8.57. The largest absolute Gasteiger partial charge is 0.497 e. The number of ether oxygens (including phenoxy) is 2. The number of nitrogens with zero attached hydrogens (tertiary/aromatic N) is 2. The van der Waals surface area contributed by atoms with Gasteiger partial charge in [-0.3, -0.25) is 9.59 Å². The van der Waals surface area contributed by atoms with E-state index in [0.29, 0.717) is 24.2 Å². The first kappa shape index (κ1) is 26.4. The van der Waals surface area contributed by atoms with Crippen LogP contribution in [0.15, 0.2) is 24.3 Å². The summed E-state index contributed by atoms with van der Waals surface area (Å²) in [6.45, 7) is 7.46. The minimum absolute atomic E-state index is 0.00472. The average Bonchev–Trinajstić information content (AvgIpc) is 2.71. The highest BCUT2D eigenvalue weighted by Crippen LogP contribution is 2.57. The molecule has 0 aliphatic carbocycles. The lowest BCUT2D eigenvalue weighted by Gasteiger charge is -2.51. The second kappa shape index (κ2) is 10.6. The Morgan fingerprint density at radius 3 is 2.32 bits per heavy atom. The van der Waals surface area contributed by atoms with E-state index in [9.17, 15) is 20.0 Å². The van der Waals surface area contributed by atoms with E-state index in [1.165, 1.54) is 7.11 Å². The number of carboxylic acid groups (broad SMARTS) is 1. The molecule has 0 saturated heterocycles. The summed E-state index contributed by atoms with van der Waals surface area (Å²) in [5.41, 5.74) is -3.86. The first-order chi connectivity index (χ1) is 14.5. The maximum atomic E-state index is 13.1. The Kier molecular flexibility index (Phi) is 9.07. The van der Waals surface area contributed by atoms with Crippen LogP contribution in [0.2, 0.25) is 0 Å². The van der Waals surface area contributed by atoms with E-state index >= 15 is 0 Å². The quantitative estimate of drug-likeness (QED) is 0.395. The number of rotatable bonds is 12. The van der Waals surface area contributed by atoms with Crippen LogP contribution in [-0.2, 0) is 19.7 Å². The van der Waals surface area contributed by atoms with Gasteiger partial charge in [0.05, 0.1) is 25.2 Å². The Labute approximate surface area is 185 Å². The van der Waals surface area contributed by atoms with E-state index in [4.69, 9.17) is 9.47 Å². The summed E-state index contributed by atoms with van der Waals surface area (Å²) < 4.78 is 10.6. The maximum absolute atomic E-state index is 13.1. The van der Waals surface area contributed by atoms with Crippen LogP contribution in [0.1, 0.15) is 52.5 Å². The van der Waals surface area contributed by atoms with Gasteiger partial charge in [-0.15, -0.1) is 0 Å². The Hall–Kier alpha value is -2.59. The Morgan fingerprint density at radius 2 is 1.87 bits per heavy atom. The number of hydrogen-bond acceptors (Lipinski definition) is 6. The Morgan fingerprint density at radius 1 is 1.23 bits per heavy atom. The summed E-state index contributed by atoms with van der Waals surface area (Å²) in [7, 11) is 5.42. The minimum Gasteiger partial charge on any atom is -0.497 e. The summed E-state index contributed by atoms with van der Waals surface area (Å²) in [5.74, 6) is -1.53. The fourth-order valence-electron chi connectivity index (χ4n) is 4.59. The molecule has 0 amide bonds. The summed E-state index contributed by atoms with van der Waals surface area (Å²) in [5, 5.41) is 20.9. The Bertz CT molecular complexity index is 814. The van der Waals surface area contributed by atoms with Gasteiger partial charge in [-0.2, -0.15) is 5.26 Å². The number of nitriles is 1. The van der Waals surface area contributed by atoms with E-state index in [2.05, 4.69) is 6.07 Å². The van der Waals surface area contributed by atoms with Gasteiger partial charge in [-0.1, -0.05) is 32.9 Å². The van der Waals surface area contributed by atoms with Gasteiger partial charge < -0.3 is 19.5 Å². The van der Waals surface area contributed by atoms with Gasteiger partial charge in [0, 0.05) is 5.41 Å². The van der Waals surface area contributed by atoms with Crippen molar-refractivity contribution in [3.63, 3.8) is 0 Å². The highest BCUT2D eigenvalue weighted by atomic mass is 16.5. The molecule has 0 aliphatic rings. The van der Waals surface area contributed by atoms with E-state index in [0.717, 1.165) is 6.54 Å². The van der Waals surface area contributed by atoms with Crippen molar-refractivity contribution < 1.29 is 24.2 Å². The normalized spacial score (nSPS) is 15.5. The monoisotopic (exact) mass is 432 g/mol. The molecule has 0 spiro atoms. The molecular weight excluding hydrogens is 396 g/mol. The number of benzene rings is 1.